The van der Waals surface area contributed by atoms with Crippen molar-refractivity contribution < 1.29 is 4.79 Å². The second-order valence-corrected chi connectivity index (χ2v) is 3.79. The molecule has 0 aliphatic carbocycles. The van der Waals surface area contributed by atoms with E-state index in [1.165, 1.54) is 11.8 Å². The summed E-state index contributed by atoms with van der Waals surface area (Å²) >= 11 is 1.24. The van der Waals surface area contributed by atoms with Crippen LogP contribution in [0.2, 0.25) is 0 Å². The molecule has 0 unspecified atom stereocenters. The second kappa shape index (κ2) is 8.81. The molecule has 80 valence electrons. The third-order valence-corrected chi connectivity index (χ3v) is 2.28. The van der Waals surface area contributed by atoms with Crippen molar-refractivity contribution in [3.8, 4) is 0 Å². The maximum Gasteiger partial charge on any atom is 0.225 e. The minimum absolute atomic E-state index is 0.0528. The van der Waals surface area contributed by atoms with E-state index in [0.717, 1.165) is 25.7 Å². The molecule has 0 radical (unpaired) electrons. The Morgan fingerprint density at radius 1 is 1.50 bits per heavy atom. The minimum Gasteiger partial charge on any atom is -0.306 e. The zero-order chi connectivity index (χ0) is 10.8. The summed E-state index contributed by atoms with van der Waals surface area (Å²) in [5.74, 6) is -0.0528. The highest BCUT2D eigenvalue weighted by Crippen LogP contribution is 2.03. The average molecular weight is 214 g/mol. The fourth-order valence-electron chi connectivity index (χ4n) is 0.991. The Hall–Kier alpha value is -0.770. The van der Waals surface area contributed by atoms with Crippen molar-refractivity contribution in [2.24, 2.45) is 0 Å². The Morgan fingerprint density at radius 2 is 2.21 bits per heavy atom. The number of hydrogen-bond donors (Lipinski definition) is 2. The highest BCUT2D eigenvalue weighted by Gasteiger charge is 2.02. The molecule has 0 saturated heterocycles. The molecule has 0 aliphatic heterocycles. The van der Waals surface area contributed by atoms with Gasteiger partial charge in [-0.2, -0.15) is 0 Å². The summed E-state index contributed by atoms with van der Waals surface area (Å²) in [6, 6.07) is 0. The van der Waals surface area contributed by atoms with E-state index in [9.17, 15) is 4.79 Å². The Labute approximate surface area is 89.9 Å². The van der Waals surface area contributed by atoms with Crippen molar-refractivity contribution in [3.63, 3.8) is 0 Å². The van der Waals surface area contributed by atoms with Crippen LogP contribution in [-0.2, 0) is 4.79 Å². The van der Waals surface area contributed by atoms with Crippen molar-refractivity contribution in [2.45, 2.75) is 32.1 Å². The Balaban J connectivity index is 3.35. The van der Waals surface area contributed by atoms with Crippen molar-refractivity contribution >= 4 is 22.8 Å². The van der Waals surface area contributed by atoms with Crippen LogP contribution in [0.15, 0.2) is 12.7 Å². The van der Waals surface area contributed by atoms with E-state index in [4.69, 9.17) is 5.41 Å². The lowest BCUT2D eigenvalue weighted by molar-refractivity contribution is -0.119. The molecule has 4 heteroatoms. The van der Waals surface area contributed by atoms with Crippen molar-refractivity contribution in [1.82, 2.24) is 5.32 Å². The molecular formula is C10H18N2OS. The quantitative estimate of drug-likeness (QED) is 0.309. The highest BCUT2D eigenvalue weighted by molar-refractivity contribution is 8.13. The summed E-state index contributed by atoms with van der Waals surface area (Å²) in [4.78, 5) is 11.2. The smallest absolute Gasteiger partial charge is 0.225 e. The maximum absolute atomic E-state index is 11.2. The molecule has 0 heterocycles. The molecule has 14 heavy (non-hydrogen) atoms. The third kappa shape index (κ3) is 7.86. The number of rotatable bonds is 6. The zero-order valence-corrected chi connectivity index (χ0v) is 9.45. The molecule has 0 rings (SSSR count). The summed E-state index contributed by atoms with van der Waals surface area (Å²) in [7, 11) is 0. The van der Waals surface area contributed by atoms with Crippen molar-refractivity contribution in [2.75, 3.05) is 6.26 Å². The third-order valence-electron chi connectivity index (χ3n) is 1.77. The molecule has 0 fully saturated rings. The number of amides is 1. The summed E-state index contributed by atoms with van der Waals surface area (Å²) < 4.78 is 0. The van der Waals surface area contributed by atoms with Gasteiger partial charge in [0.15, 0.2) is 5.17 Å². The predicted molar refractivity (Wildman–Crippen MR) is 62.7 cm³/mol. The lowest BCUT2D eigenvalue weighted by atomic mass is 10.1. The van der Waals surface area contributed by atoms with Gasteiger partial charge in [0.25, 0.3) is 0 Å². The van der Waals surface area contributed by atoms with Crippen LogP contribution in [0.25, 0.3) is 0 Å². The summed E-state index contributed by atoms with van der Waals surface area (Å²) in [5.41, 5.74) is 0. The first kappa shape index (κ1) is 13.2. The SMILES string of the molecule is C=CCCCCCC(=O)NC(=N)SC. The van der Waals surface area contributed by atoms with Crippen molar-refractivity contribution in [3.05, 3.63) is 12.7 Å². The molecule has 0 aromatic heterocycles. The minimum atomic E-state index is -0.0528. The monoisotopic (exact) mass is 214 g/mol. The Morgan fingerprint density at radius 3 is 2.79 bits per heavy atom. The molecular weight excluding hydrogens is 196 g/mol. The molecule has 0 atom stereocenters. The zero-order valence-electron chi connectivity index (χ0n) is 8.64. The van der Waals surface area contributed by atoms with E-state index in [-0.39, 0.29) is 11.1 Å². The van der Waals surface area contributed by atoms with Crippen LogP contribution >= 0.6 is 11.8 Å². The van der Waals surface area contributed by atoms with Crippen molar-refractivity contribution in [1.29, 1.82) is 5.41 Å². The van der Waals surface area contributed by atoms with Gasteiger partial charge in [-0.1, -0.05) is 24.3 Å². The van der Waals surface area contributed by atoms with E-state index < -0.39 is 0 Å². The van der Waals surface area contributed by atoms with Gasteiger partial charge in [0.2, 0.25) is 5.91 Å². The standard InChI is InChI=1S/C10H18N2OS/c1-3-4-5-6-7-8-9(13)12-10(11)14-2/h3H,1,4-8H2,2H3,(H2,11,12,13). The predicted octanol–water partition coefficient (Wildman–Crippen LogP) is 2.54. The molecule has 0 saturated carbocycles. The molecule has 3 nitrogen and oxygen atoms in total. The van der Waals surface area contributed by atoms with E-state index >= 15 is 0 Å². The van der Waals surface area contributed by atoms with Crippen LogP contribution in [0.5, 0.6) is 0 Å². The van der Waals surface area contributed by atoms with Gasteiger partial charge in [-0.3, -0.25) is 10.2 Å². The highest BCUT2D eigenvalue weighted by atomic mass is 32.2. The topological polar surface area (TPSA) is 53.0 Å². The van der Waals surface area contributed by atoms with E-state index in [1.54, 1.807) is 6.26 Å². The second-order valence-electron chi connectivity index (χ2n) is 2.97. The van der Waals surface area contributed by atoms with Crippen LogP contribution < -0.4 is 5.32 Å². The first-order chi connectivity index (χ1) is 6.70. The number of carbonyl (C=O) groups is 1. The number of carbonyl (C=O) groups excluding carboxylic acids is 1. The van der Waals surface area contributed by atoms with E-state index in [0.29, 0.717) is 6.42 Å². The first-order valence-electron chi connectivity index (χ1n) is 4.74. The van der Waals surface area contributed by atoms with Gasteiger partial charge < -0.3 is 5.32 Å². The Bertz CT molecular complexity index is 204. The van der Waals surface area contributed by atoms with E-state index in [2.05, 4.69) is 11.9 Å². The molecule has 1 amide bonds. The van der Waals surface area contributed by atoms with Crippen LogP contribution in [0.3, 0.4) is 0 Å². The summed E-state index contributed by atoms with van der Waals surface area (Å²) in [6.45, 7) is 3.63. The lowest BCUT2D eigenvalue weighted by Crippen LogP contribution is -2.26. The Kier molecular flexibility index (Phi) is 8.33. The van der Waals surface area contributed by atoms with Gasteiger partial charge in [-0.25, -0.2) is 0 Å². The number of unbranched alkanes of at least 4 members (excludes halogenated alkanes) is 3. The van der Waals surface area contributed by atoms with Crippen LogP contribution in [0.1, 0.15) is 32.1 Å². The number of thioether (sulfide) groups is 1. The normalized spacial score (nSPS) is 9.50. The van der Waals surface area contributed by atoms with Gasteiger partial charge in [-0.05, 0) is 25.5 Å². The molecule has 0 aromatic carbocycles. The van der Waals surface area contributed by atoms with Gasteiger partial charge >= 0.3 is 0 Å². The maximum atomic E-state index is 11.2. The van der Waals surface area contributed by atoms with Gasteiger partial charge in [0, 0.05) is 6.42 Å². The number of allylic oxidation sites excluding steroid dienone is 1. The molecule has 0 bridgehead atoms. The average Bonchev–Trinajstić information content (AvgIpc) is 2.17. The first-order valence-corrected chi connectivity index (χ1v) is 5.96. The molecule has 0 aromatic rings. The molecule has 0 aliphatic rings. The molecule has 2 N–H and O–H groups in total. The van der Waals surface area contributed by atoms with Crippen LogP contribution in [-0.4, -0.2) is 17.3 Å². The van der Waals surface area contributed by atoms with Crippen LogP contribution in [0.4, 0.5) is 0 Å². The summed E-state index contributed by atoms with van der Waals surface area (Å²) in [5, 5.41) is 9.96. The largest absolute Gasteiger partial charge is 0.306 e. The van der Waals surface area contributed by atoms with Crippen LogP contribution in [0, 0.1) is 5.41 Å². The summed E-state index contributed by atoms with van der Waals surface area (Å²) in [6.07, 6.45) is 8.22. The van der Waals surface area contributed by atoms with Gasteiger partial charge in [0.05, 0.1) is 0 Å². The fourth-order valence-corrected chi connectivity index (χ4v) is 1.21. The fraction of sp³-hybridized carbons (Fsp3) is 0.600. The number of amidine groups is 1. The number of nitrogens with one attached hydrogen (secondary N) is 2. The molecule has 0 spiro atoms. The van der Waals surface area contributed by atoms with E-state index in [1.807, 2.05) is 6.08 Å². The van der Waals surface area contributed by atoms with Gasteiger partial charge in [-0.15, -0.1) is 6.58 Å². The number of hydrogen-bond acceptors (Lipinski definition) is 3. The lowest BCUT2D eigenvalue weighted by Gasteiger charge is -2.03. The van der Waals surface area contributed by atoms with Gasteiger partial charge in [0.1, 0.15) is 0 Å².